The summed E-state index contributed by atoms with van der Waals surface area (Å²) in [5, 5.41) is 3.62. The van der Waals surface area contributed by atoms with Crippen molar-refractivity contribution in [1.82, 2.24) is 24.6 Å². The van der Waals surface area contributed by atoms with E-state index in [2.05, 4.69) is 15.2 Å². The van der Waals surface area contributed by atoms with Crippen LogP contribution in [0.15, 0.2) is 71.8 Å². The number of benzene rings is 2. The standard InChI is InChI=1S/C33H36BN5O5/c1-42-26-5-6-27-28(33(41)36-21-24-3-2-10-35-20-24)19-32(40)38(29(27)18-26)14-13-37-11-8-25(9-12-37)39(34)22-23-4-7-30-31(17-23)44-16-15-43-30/h2-7,10,17-20,25H,8-9,11-16,21-22H2,1H3,(H,36,41). The van der Waals surface area contributed by atoms with E-state index in [0.29, 0.717) is 61.6 Å². The van der Waals surface area contributed by atoms with Gasteiger partial charge in [0.25, 0.3) is 11.5 Å². The van der Waals surface area contributed by atoms with Crippen molar-refractivity contribution in [2.75, 3.05) is 40.0 Å². The Bertz CT molecular complexity index is 1670. The summed E-state index contributed by atoms with van der Waals surface area (Å²) in [6.45, 7) is 5.04. The third-order valence-electron chi connectivity index (χ3n) is 8.38. The molecule has 0 saturated carbocycles. The molecule has 1 saturated heterocycles. The molecule has 1 N–H and O–H groups in total. The van der Waals surface area contributed by atoms with Crippen LogP contribution in [0.1, 0.15) is 34.3 Å². The molecule has 1 amide bonds. The van der Waals surface area contributed by atoms with Crippen molar-refractivity contribution >= 4 is 24.8 Å². The van der Waals surface area contributed by atoms with Gasteiger partial charge in [0.1, 0.15) is 19.0 Å². The number of nitrogens with zero attached hydrogens (tertiary/aromatic N) is 4. The minimum atomic E-state index is -0.307. The van der Waals surface area contributed by atoms with Crippen LogP contribution in [0.2, 0.25) is 0 Å². The first-order valence-electron chi connectivity index (χ1n) is 15.0. The number of methoxy groups -OCH3 is 1. The van der Waals surface area contributed by atoms with E-state index in [1.165, 1.54) is 6.07 Å². The molecule has 2 aromatic heterocycles. The molecule has 0 atom stereocenters. The maximum absolute atomic E-state index is 13.4. The first-order valence-corrected chi connectivity index (χ1v) is 15.0. The molecule has 4 heterocycles. The minimum absolute atomic E-state index is 0.222. The average Bonchev–Trinajstić information content (AvgIpc) is 3.06. The lowest BCUT2D eigenvalue weighted by Gasteiger charge is -2.37. The Labute approximate surface area is 258 Å². The van der Waals surface area contributed by atoms with Gasteiger partial charge in [0.2, 0.25) is 0 Å². The second-order valence-electron chi connectivity index (χ2n) is 11.2. The molecule has 1 fully saturated rings. The topological polar surface area (TPSA) is 98.2 Å². The molecular weight excluding hydrogens is 557 g/mol. The second kappa shape index (κ2) is 13.5. The number of hydrogen-bond donors (Lipinski definition) is 1. The summed E-state index contributed by atoms with van der Waals surface area (Å²) in [4.78, 5) is 34.9. The number of likely N-dealkylation sites (tertiary alicyclic amines) is 1. The highest BCUT2D eigenvalue weighted by Crippen LogP contribution is 2.31. The van der Waals surface area contributed by atoms with Crippen molar-refractivity contribution in [3.05, 3.63) is 94.0 Å². The van der Waals surface area contributed by atoms with Gasteiger partial charge in [-0.05, 0) is 67.4 Å². The monoisotopic (exact) mass is 593 g/mol. The molecule has 226 valence electrons. The van der Waals surface area contributed by atoms with Gasteiger partial charge in [0, 0.05) is 62.1 Å². The van der Waals surface area contributed by atoms with Crippen molar-refractivity contribution in [3.63, 3.8) is 0 Å². The number of piperidine rings is 1. The quantitative estimate of drug-likeness (QED) is 0.280. The molecule has 2 aliphatic rings. The molecule has 2 aliphatic heterocycles. The summed E-state index contributed by atoms with van der Waals surface area (Å²) < 4.78 is 18.5. The first-order chi connectivity index (χ1) is 21.5. The van der Waals surface area contributed by atoms with Crippen LogP contribution in [0.25, 0.3) is 10.9 Å². The second-order valence-corrected chi connectivity index (χ2v) is 11.2. The van der Waals surface area contributed by atoms with Gasteiger partial charge in [0.15, 0.2) is 19.5 Å². The fraction of sp³-hybridized carbons (Fsp3) is 0.364. The fourth-order valence-electron chi connectivity index (χ4n) is 5.93. The number of amides is 1. The smallest absolute Gasteiger partial charge is 0.252 e. The summed E-state index contributed by atoms with van der Waals surface area (Å²) >= 11 is 0. The highest BCUT2D eigenvalue weighted by Gasteiger charge is 2.23. The molecule has 44 heavy (non-hydrogen) atoms. The van der Waals surface area contributed by atoms with E-state index in [-0.39, 0.29) is 17.5 Å². The lowest BCUT2D eigenvalue weighted by atomic mass is 9.99. The number of hydrogen-bond acceptors (Lipinski definition) is 8. The zero-order valence-corrected chi connectivity index (χ0v) is 24.9. The van der Waals surface area contributed by atoms with Crippen LogP contribution in [0.5, 0.6) is 17.2 Å². The van der Waals surface area contributed by atoms with E-state index >= 15 is 0 Å². The van der Waals surface area contributed by atoms with Crippen LogP contribution in [-0.4, -0.2) is 79.1 Å². The van der Waals surface area contributed by atoms with Crippen LogP contribution >= 0.6 is 0 Å². The molecule has 11 heteroatoms. The van der Waals surface area contributed by atoms with E-state index in [0.717, 1.165) is 48.6 Å². The third kappa shape index (κ3) is 6.74. The Morgan fingerprint density at radius 3 is 2.64 bits per heavy atom. The van der Waals surface area contributed by atoms with Gasteiger partial charge in [0.05, 0.1) is 18.2 Å². The zero-order chi connectivity index (χ0) is 30.5. The average molecular weight is 593 g/mol. The number of ether oxygens (including phenoxy) is 3. The van der Waals surface area contributed by atoms with Crippen LogP contribution in [0.3, 0.4) is 0 Å². The lowest BCUT2D eigenvalue weighted by molar-refractivity contribution is 0.0952. The van der Waals surface area contributed by atoms with Crippen molar-refractivity contribution in [2.45, 2.75) is 38.5 Å². The SMILES string of the molecule is [B]N(Cc1ccc2c(c1)OCCO2)C1CCN(CCn2c(=O)cc(C(=O)NCc3cccnc3)c3ccc(OC)cc32)CC1. The number of carbonyl (C=O) groups is 1. The fourth-order valence-corrected chi connectivity index (χ4v) is 5.93. The Balaban J connectivity index is 1.09. The van der Waals surface area contributed by atoms with E-state index < -0.39 is 0 Å². The van der Waals surface area contributed by atoms with Crippen LogP contribution in [0, 0.1) is 0 Å². The van der Waals surface area contributed by atoms with Gasteiger partial charge in [-0.15, -0.1) is 0 Å². The van der Waals surface area contributed by atoms with Crippen LogP contribution < -0.4 is 25.1 Å². The van der Waals surface area contributed by atoms with Gasteiger partial charge in [-0.3, -0.25) is 14.6 Å². The highest BCUT2D eigenvalue weighted by molar-refractivity contribution is 6.06. The summed E-state index contributed by atoms with van der Waals surface area (Å²) in [5.41, 5.74) is 2.76. The number of nitrogens with one attached hydrogen (secondary N) is 1. The number of carbonyl (C=O) groups excluding carboxylic acids is 1. The predicted molar refractivity (Wildman–Crippen MR) is 168 cm³/mol. The van der Waals surface area contributed by atoms with Gasteiger partial charge in [-0.1, -0.05) is 12.1 Å². The molecule has 0 unspecified atom stereocenters. The molecule has 0 bridgehead atoms. The number of pyridine rings is 2. The molecule has 4 aromatic rings. The molecule has 6 rings (SSSR count). The maximum atomic E-state index is 13.4. The van der Waals surface area contributed by atoms with Gasteiger partial charge in [-0.2, -0.15) is 0 Å². The van der Waals surface area contributed by atoms with Crippen molar-refractivity contribution in [1.29, 1.82) is 0 Å². The Kier molecular flexibility index (Phi) is 9.13. The summed E-state index contributed by atoms with van der Waals surface area (Å²) in [7, 11) is 8.11. The first kappa shape index (κ1) is 29.7. The largest absolute Gasteiger partial charge is 0.497 e. The van der Waals surface area contributed by atoms with Crippen molar-refractivity contribution in [3.8, 4) is 17.2 Å². The Morgan fingerprint density at radius 2 is 1.86 bits per heavy atom. The molecule has 2 radical (unpaired) electrons. The number of rotatable bonds is 10. The zero-order valence-electron chi connectivity index (χ0n) is 24.9. The lowest BCUT2D eigenvalue weighted by Crippen LogP contribution is -2.44. The van der Waals surface area contributed by atoms with Crippen molar-refractivity contribution < 1.29 is 19.0 Å². The Hall–Kier alpha value is -4.35. The summed E-state index contributed by atoms with van der Waals surface area (Å²) in [6.07, 6.45) is 5.25. The summed E-state index contributed by atoms with van der Waals surface area (Å²) in [6, 6.07) is 16.9. The van der Waals surface area contributed by atoms with Gasteiger partial charge < -0.3 is 33.8 Å². The van der Waals surface area contributed by atoms with Crippen LogP contribution in [0.4, 0.5) is 0 Å². The predicted octanol–water partition coefficient (Wildman–Crippen LogP) is 3.16. The van der Waals surface area contributed by atoms with Gasteiger partial charge in [-0.25, -0.2) is 0 Å². The van der Waals surface area contributed by atoms with Crippen LogP contribution in [-0.2, 0) is 19.6 Å². The van der Waals surface area contributed by atoms with Crippen molar-refractivity contribution in [2.24, 2.45) is 0 Å². The minimum Gasteiger partial charge on any atom is -0.497 e. The number of fused-ring (bicyclic) bond motifs is 2. The molecule has 10 nitrogen and oxygen atoms in total. The molecule has 2 aromatic carbocycles. The Morgan fingerprint density at radius 1 is 1.05 bits per heavy atom. The van der Waals surface area contributed by atoms with E-state index in [9.17, 15) is 9.59 Å². The number of aromatic nitrogens is 2. The molecule has 0 aliphatic carbocycles. The summed E-state index contributed by atoms with van der Waals surface area (Å²) in [5.74, 6) is 1.87. The van der Waals surface area contributed by atoms with E-state index in [1.807, 2.05) is 53.3 Å². The van der Waals surface area contributed by atoms with E-state index in [1.54, 1.807) is 24.1 Å². The maximum Gasteiger partial charge on any atom is 0.252 e. The third-order valence-corrected chi connectivity index (χ3v) is 8.38. The molecule has 0 spiro atoms. The van der Waals surface area contributed by atoms with Gasteiger partial charge >= 0.3 is 0 Å². The molecular formula is C33H36BN5O5. The normalized spacial score (nSPS) is 15.4. The highest BCUT2D eigenvalue weighted by atomic mass is 16.6. The van der Waals surface area contributed by atoms with E-state index in [4.69, 9.17) is 22.2 Å².